The number of ether oxygens (including phenoxy) is 1. The van der Waals surface area contributed by atoms with E-state index in [9.17, 15) is 4.79 Å². The third kappa shape index (κ3) is 2.41. The zero-order valence-corrected chi connectivity index (χ0v) is 13.5. The zero-order chi connectivity index (χ0) is 15.0. The van der Waals surface area contributed by atoms with Crippen LogP contribution in [0.15, 0.2) is 35.1 Å². The highest BCUT2D eigenvalue weighted by atomic mass is 35.5. The maximum Gasteiger partial charge on any atom is 0.197 e. The molecule has 108 valence electrons. The molecule has 2 aromatic carbocycles. The van der Waals surface area contributed by atoms with E-state index in [2.05, 4.69) is 6.92 Å². The highest BCUT2D eigenvalue weighted by molar-refractivity contribution is 7.25. The van der Waals surface area contributed by atoms with Crippen LogP contribution in [0.3, 0.4) is 0 Å². The van der Waals surface area contributed by atoms with Gasteiger partial charge in [-0.3, -0.25) is 4.79 Å². The molecule has 0 radical (unpaired) electrons. The smallest absolute Gasteiger partial charge is 0.197 e. The Hall–Kier alpha value is -1.58. The Balaban J connectivity index is 2.45. The minimum Gasteiger partial charge on any atom is -0.492 e. The summed E-state index contributed by atoms with van der Waals surface area (Å²) in [5.41, 5.74) is 0.851. The highest BCUT2D eigenvalue weighted by Gasteiger charge is 2.15. The van der Waals surface area contributed by atoms with Gasteiger partial charge >= 0.3 is 0 Å². The first-order valence-electron chi connectivity index (χ1n) is 6.91. The molecule has 0 unspecified atom stereocenters. The molecule has 4 heteroatoms. The summed E-state index contributed by atoms with van der Waals surface area (Å²) in [5.74, 6) is 0.751. The number of rotatable bonds is 3. The molecule has 0 atom stereocenters. The Bertz CT molecular complexity index is 883. The van der Waals surface area contributed by atoms with Crippen LogP contribution in [0.25, 0.3) is 20.2 Å². The van der Waals surface area contributed by atoms with Crippen molar-refractivity contribution in [2.75, 3.05) is 6.61 Å². The third-order valence-corrected chi connectivity index (χ3v) is 5.07. The normalized spacial score (nSPS) is 11.2. The van der Waals surface area contributed by atoms with Crippen LogP contribution in [0.1, 0.15) is 18.9 Å². The van der Waals surface area contributed by atoms with Crippen molar-refractivity contribution in [1.29, 1.82) is 0 Å². The van der Waals surface area contributed by atoms with Crippen LogP contribution in [0, 0.1) is 6.92 Å². The average molecular weight is 319 g/mol. The first-order valence-corrected chi connectivity index (χ1v) is 8.10. The molecule has 0 saturated carbocycles. The van der Waals surface area contributed by atoms with Crippen molar-refractivity contribution in [2.24, 2.45) is 0 Å². The van der Waals surface area contributed by atoms with Crippen LogP contribution in [0.2, 0.25) is 5.02 Å². The lowest BCUT2D eigenvalue weighted by Crippen LogP contribution is -2.04. The number of halogens is 1. The maximum atomic E-state index is 12.8. The van der Waals surface area contributed by atoms with Crippen LogP contribution >= 0.6 is 22.9 Å². The van der Waals surface area contributed by atoms with Crippen LogP contribution in [-0.4, -0.2) is 6.61 Å². The number of aryl methyl sites for hydroxylation is 1. The van der Waals surface area contributed by atoms with Gasteiger partial charge in [0.2, 0.25) is 0 Å². The molecule has 0 N–H and O–H groups in total. The number of hydrogen-bond donors (Lipinski definition) is 0. The summed E-state index contributed by atoms with van der Waals surface area (Å²) in [7, 11) is 0. The van der Waals surface area contributed by atoms with Gasteiger partial charge in [0.1, 0.15) is 5.75 Å². The minimum atomic E-state index is -0.0191. The molecule has 1 aromatic heterocycles. The lowest BCUT2D eigenvalue weighted by Gasteiger charge is -2.12. The number of fused-ring (bicyclic) bond motifs is 2. The van der Waals surface area contributed by atoms with Crippen LogP contribution in [-0.2, 0) is 0 Å². The van der Waals surface area contributed by atoms with E-state index in [0.29, 0.717) is 22.4 Å². The fourth-order valence-corrected chi connectivity index (χ4v) is 3.80. The van der Waals surface area contributed by atoms with Crippen molar-refractivity contribution < 1.29 is 4.74 Å². The van der Waals surface area contributed by atoms with Crippen molar-refractivity contribution in [1.82, 2.24) is 0 Å². The van der Waals surface area contributed by atoms with Crippen molar-refractivity contribution in [3.63, 3.8) is 0 Å². The second kappa shape index (κ2) is 5.66. The standard InChI is InChI=1S/C17H15ClO2S/c1-3-8-20-12-9-10(2)15(18)14-16(19)11-6-4-5-7-13(11)21-17(12)14/h4-7,9H,3,8H2,1-2H3. The minimum absolute atomic E-state index is 0.0191. The summed E-state index contributed by atoms with van der Waals surface area (Å²) in [6.45, 7) is 4.59. The molecule has 0 aliphatic heterocycles. The molecule has 0 fully saturated rings. The van der Waals surface area contributed by atoms with Crippen molar-refractivity contribution in [3.8, 4) is 5.75 Å². The van der Waals surface area contributed by atoms with E-state index >= 15 is 0 Å². The topological polar surface area (TPSA) is 26.3 Å². The Morgan fingerprint density at radius 1 is 1.29 bits per heavy atom. The predicted molar refractivity (Wildman–Crippen MR) is 91.1 cm³/mol. The maximum absolute atomic E-state index is 12.8. The van der Waals surface area contributed by atoms with Crippen molar-refractivity contribution in [2.45, 2.75) is 20.3 Å². The first-order chi connectivity index (χ1) is 10.1. The van der Waals surface area contributed by atoms with Gasteiger partial charge in [-0.05, 0) is 37.1 Å². The average Bonchev–Trinajstić information content (AvgIpc) is 2.49. The molecule has 0 saturated heterocycles. The van der Waals surface area contributed by atoms with Gasteiger partial charge in [0.15, 0.2) is 5.43 Å². The molecule has 1 heterocycles. The Labute approximate surface area is 131 Å². The largest absolute Gasteiger partial charge is 0.492 e. The van der Waals surface area contributed by atoms with Crippen LogP contribution < -0.4 is 10.2 Å². The van der Waals surface area contributed by atoms with E-state index in [1.807, 2.05) is 37.3 Å². The molecule has 21 heavy (non-hydrogen) atoms. The van der Waals surface area contributed by atoms with E-state index in [0.717, 1.165) is 27.1 Å². The van der Waals surface area contributed by atoms with E-state index in [4.69, 9.17) is 16.3 Å². The molecule has 0 aliphatic rings. The van der Waals surface area contributed by atoms with Gasteiger partial charge in [-0.15, -0.1) is 11.3 Å². The van der Waals surface area contributed by atoms with Gasteiger partial charge in [-0.25, -0.2) is 0 Å². The van der Waals surface area contributed by atoms with Gasteiger partial charge in [-0.2, -0.15) is 0 Å². The van der Waals surface area contributed by atoms with E-state index < -0.39 is 0 Å². The van der Waals surface area contributed by atoms with Crippen LogP contribution in [0.4, 0.5) is 0 Å². The molecule has 0 spiro atoms. The monoisotopic (exact) mass is 318 g/mol. The third-order valence-electron chi connectivity index (χ3n) is 3.40. The van der Waals surface area contributed by atoms with Crippen molar-refractivity contribution >= 4 is 43.1 Å². The quantitative estimate of drug-likeness (QED) is 0.623. The predicted octanol–water partition coefficient (Wildman–Crippen LogP) is 5.17. The van der Waals surface area contributed by atoms with Crippen molar-refractivity contribution in [3.05, 3.63) is 51.1 Å². The molecular formula is C17H15ClO2S. The second-order valence-electron chi connectivity index (χ2n) is 4.99. The van der Waals surface area contributed by atoms with E-state index in [1.165, 1.54) is 0 Å². The molecule has 0 aliphatic carbocycles. The van der Waals surface area contributed by atoms with Gasteiger partial charge < -0.3 is 4.74 Å². The summed E-state index contributed by atoms with van der Waals surface area (Å²) < 4.78 is 7.61. The molecule has 0 amide bonds. The van der Waals surface area contributed by atoms with E-state index in [-0.39, 0.29) is 5.43 Å². The lowest BCUT2D eigenvalue weighted by molar-refractivity contribution is 0.321. The molecular weight excluding hydrogens is 304 g/mol. The summed E-state index contributed by atoms with van der Waals surface area (Å²) in [5, 5.41) is 1.82. The zero-order valence-electron chi connectivity index (χ0n) is 11.9. The summed E-state index contributed by atoms with van der Waals surface area (Å²) in [6, 6.07) is 9.54. The van der Waals surface area contributed by atoms with Crippen LogP contribution in [0.5, 0.6) is 5.75 Å². The molecule has 3 rings (SSSR count). The highest BCUT2D eigenvalue weighted by Crippen LogP contribution is 2.37. The number of benzene rings is 2. The lowest BCUT2D eigenvalue weighted by atomic mass is 10.1. The summed E-state index contributed by atoms with van der Waals surface area (Å²) >= 11 is 7.94. The molecule has 3 aromatic rings. The Morgan fingerprint density at radius 2 is 2.05 bits per heavy atom. The molecule has 0 bridgehead atoms. The SMILES string of the molecule is CCCOc1cc(C)c(Cl)c2c(=O)c3ccccc3sc12. The van der Waals surface area contributed by atoms with Gasteiger partial charge in [0, 0.05) is 10.1 Å². The first kappa shape index (κ1) is 14.4. The fourth-order valence-electron chi connectivity index (χ4n) is 2.36. The second-order valence-corrected chi connectivity index (χ2v) is 6.42. The number of hydrogen-bond acceptors (Lipinski definition) is 3. The van der Waals surface area contributed by atoms with E-state index in [1.54, 1.807) is 11.3 Å². The summed E-state index contributed by atoms with van der Waals surface area (Å²) in [6.07, 6.45) is 0.922. The molecule has 2 nitrogen and oxygen atoms in total. The Kier molecular flexibility index (Phi) is 3.87. The fraction of sp³-hybridized carbons (Fsp3) is 0.235. The summed E-state index contributed by atoms with van der Waals surface area (Å²) in [4.78, 5) is 12.8. The van der Waals surface area contributed by atoms with Gasteiger partial charge in [-0.1, -0.05) is 30.7 Å². The van der Waals surface area contributed by atoms with Gasteiger partial charge in [0.05, 0.1) is 21.7 Å². The Morgan fingerprint density at radius 3 is 2.81 bits per heavy atom. The van der Waals surface area contributed by atoms with Gasteiger partial charge in [0.25, 0.3) is 0 Å².